The molecule has 1 heterocycles. The summed E-state index contributed by atoms with van der Waals surface area (Å²) < 4.78 is 12.9. The van der Waals surface area contributed by atoms with E-state index in [2.05, 4.69) is 45.4 Å². The van der Waals surface area contributed by atoms with Crippen molar-refractivity contribution in [2.24, 2.45) is 10.9 Å². The molecule has 0 aliphatic heterocycles. The minimum absolute atomic E-state index is 0.0834. The number of carbonyl (C=O) groups excluding carboxylic acids is 1. The highest BCUT2D eigenvalue weighted by molar-refractivity contribution is 7.09. The molecule has 2 rings (SSSR count). The third-order valence-electron chi connectivity index (χ3n) is 4.05. The number of halogens is 1. The topological polar surface area (TPSA) is 65.5 Å². The number of nitrogens with zero attached hydrogens (tertiary/aromatic N) is 1. The summed E-state index contributed by atoms with van der Waals surface area (Å²) in [5, 5.41) is 11.4. The number of benzene rings is 1. The van der Waals surface area contributed by atoms with E-state index in [1.165, 1.54) is 17.0 Å². The van der Waals surface area contributed by atoms with Gasteiger partial charge in [-0.25, -0.2) is 4.39 Å². The highest BCUT2D eigenvalue weighted by atomic mass is 32.1. The SMILES string of the molecule is CCNC(=NCC(C)Cc1cccs1)NCCNC(=O)Cc1ccc(F)cc1. The Morgan fingerprint density at radius 2 is 1.89 bits per heavy atom. The average Bonchev–Trinajstić information content (AvgIpc) is 3.18. The van der Waals surface area contributed by atoms with Crippen molar-refractivity contribution in [3.63, 3.8) is 0 Å². The smallest absolute Gasteiger partial charge is 0.224 e. The molecule has 28 heavy (non-hydrogen) atoms. The number of nitrogens with one attached hydrogen (secondary N) is 3. The van der Waals surface area contributed by atoms with Crippen LogP contribution in [0.25, 0.3) is 0 Å². The number of hydrogen-bond acceptors (Lipinski definition) is 3. The van der Waals surface area contributed by atoms with Crippen LogP contribution in [0.1, 0.15) is 24.3 Å². The van der Waals surface area contributed by atoms with Gasteiger partial charge in [0.2, 0.25) is 5.91 Å². The zero-order valence-electron chi connectivity index (χ0n) is 16.5. The van der Waals surface area contributed by atoms with Gasteiger partial charge in [0.1, 0.15) is 5.82 Å². The molecule has 152 valence electrons. The fourth-order valence-electron chi connectivity index (χ4n) is 2.66. The van der Waals surface area contributed by atoms with E-state index < -0.39 is 0 Å². The Kier molecular flexibility index (Phi) is 9.48. The van der Waals surface area contributed by atoms with Crippen LogP contribution >= 0.6 is 11.3 Å². The normalized spacial score (nSPS) is 12.5. The molecule has 0 spiro atoms. The first-order valence-corrected chi connectivity index (χ1v) is 10.5. The second kappa shape index (κ2) is 12.1. The second-order valence-corrected chi connectivity index (χ2v) is 7.72. The van der Waals surface area contributed by atoms with Gasteiger partial charge in [-0.1, -0.05) is 25.1 Å². The van der Waals surface area contributed by atoms with Gasteiger partial charge >= 0.3 is 0 Å². The van der Waals surface area contributed by atoms with Crippen LogP contribution in [0.2, 0.25) is 0 Å². The molecule has 2 aromatic rings. The second-order valence-electron chi connectivity index (χ2n) is 6.69. The molecule has 7 heteroatoms. The molecule has 1 amide bonds. The third kappa shape index (κ3) is 8.52. The van der Waals surface area contributed by atoms with Crippen molar-refractivity contribution >= 4 is 23.2 Å². The Hall–Kier alpha value is -2.41. The van der Waals surface area contributed by atoms with Crippen molar-refractivity contribution in [1.82, 2.24) is 16.0 Å². The lowest BCUT2D eigenvalue weighted by atomic mass is 10.1. The average molecular weight is 405 g/mol. The first kappa shape index (κ1) is 21.9. The van der Waals surface area contributed by atoms with Crippen LogP contribution in [0.5, 0.6) is 0 Å². The molecular weight excluding hydrogens is 375 g/mol. The van der Waals surface area contributed by atoms with E-state index in [0.717, 1.165) is 31.0 Å². The molecule has 0 fully saturated rings. The van der Waals surface area contributed by atoms with Crippen LogP contribution in [-0.4, -0.2) is 38.0 Å². The van der Waals surface area contributed by atoms with E-state index >= 15 is 0 Å². The van der Waals surface area contributed by atoms with Crippen LogP contribution in [0, 0.1) is 11.7 Å². The van der Waals surface area contributed by atoms with Crippen LogP contribution in [0.3, 0.4) is 0 Å². The first-order valence-electron chi connectivity index (χ1n) is 9.62. The van der Waals surface area contributed by atoms with Crippen LogP contribution in [0.15, 0.2) is 46.8 Å². The predicted molar refractivity (Wildman–Crippen MR) is 114 cm³/mol. The number of amides is 1. The summed E-state index contributed by atoms with van der Waals surface area (Å²) in [6, 6.07) is 10.2. The quantitative estimate of drug-likeness (QED) is 0.324. The zero-order valence-corrected chi connectivity index (χ0v) is 17.3. The Morgan fingerprint density at radius 3 is 2.57 bits per heavy atom. The van der Waals surface area contributed by atoms with Crippen molar-refractivity contribution in [2.45, 2.75) is 26.7 Å². The number of rotatable bonds is 10. The Balaban J connectivity index is 1.68. The molecule has 0 saturated heterocycles. The Labute approximate surface area is 170 Å². The van der Waals surface area contributed by atoms with E-state index in [-0.39, 0.29) is 18.1 Å². The lowest BCUT2D eigenvalue weighted by Crippen LogP contribution is -2.42. The highest BCUT2D eigenvalue weighted by Gasteiger charge is 2.06. The van der Waals surface area contributed by atoms with Crippen molar-refractivity contribution in [3.05, 3.63) is 58.0 Å². The van der Waals surface area contributed by atoms with Gasteiger partial charge in [-0.05, 0) is 48.4 Å². The van der Waals surface area contributed by atoms with E-state index in [1.807, 2.05) is 6.92 Å². The lowest BCUT2D eigenvalue weighted by Gasteiger charge is -2.13. The fourth-order valence-corrected chi connectivity index (χ4v) is 3.53. The summed E-state index contributed by atoms with van der Waals surface area (Å²) in [5.74, 6) is 0.839. The third-order valence-corrected chi connectivity index (χ3v) is 4.95. The van der Waals surface area contributed by atoms with Crippen LogP contribution in [0.4, 0.5) is 4.39 Å². The molecule has 3 N–H and O–H groups in total. The largest absolute Gasteiger partial charge is 0.357 e. The standard InChI is InChI=1S/C21H29FN4OS/c1-3-23-21(26-15-16(2)13-19-5-4-12-28-19)25-11-10-24-20(27)14-17-6-8-18(22)9-7-17/h4-9,12,16H,3,10-11,13-15H2,1-2H3,(H,24,27)(H2,23,25,26). The van der Waals surface area contributed by atoms with Gasteiger partial charge in [0.15, 0.2) is 5.96 Å². The molecule has 1 atom stereocenters. The van der Waals surface area contributed by atoms with E-state index in [1.54, 1.807) is 23.5 Å². The number of hydrogen-bond donors (Lipinski definition) is 3. The van der Waals surface area contributed by atoms with Crippen molar-refractivity contribution in [1.29, 1.82) is 0 Å². The van der Waals surface area contributed by atoms with E-state index in [9.17, 15) is 9.18 Å². The summed E-state index contributed by atoms with van der Waals surface area (Å²) in [7, 11) is 0. The van der Waals surface area contributed by atoms with Gasteiger partial charge in [0, 0.05) is 31.1 Å². The maximum atomic E-state index is 12.9. The number of thiophene rings is 1. The Morgan fingerprint density at radius 1 is 1.14 bits per heavy atom. The minimum atomic E-state index is -0.298. The maximum absolute atomic E-state index is 12.9. The molecule has 0 aliphatic carbocycles. The summed E-state index contributed by atoms with van der Waals surface area (Å²) >= 11 is 1.78. The molecule has 1 aromatic carbocycles. The van der Waals surface area contributed by atoms with Gasteiger partial charge in [0.25, 0.3) is 0 Å². The van der Waals surface area contributed by atoms with Gasteiger partial charge in [-0.15, -0.1) is 11.3 Å². The van der Waals surface area contributed by atoms with Gasteiger partial charge in [-0.2, -0.15) is 0 Å². The number of aliphatic imine (C=N–C) groups is 1. The maximum Gasteiger partial charge on any atom is 0.224 e. The van der Waals surface area contributed by atoms with Gasteiger partial charge in [-0.3, -0.25) is 9.79 Å². The van der Waals surface area contributed by atoms with E-state index in [4.69, 9.17) is 0 Å². The van der Waals surface area contributed by atoms with Crippen LogP contribution < -0.4 is 16.0 Å². The molecule has 0 bridgehead atoms. The molecular formula is C21H29FN4OS. The monoisotopic (exact) mass is 404 g/mol. The van der Waals surface area contributed by atoms with Gasteiger partial charge in [0.05, 0.1) is 6.42 Å². The predicted octanol–water partition coefficient (Wildman–Crippen LogP) is 2.98. The summed E-state index contributed by atoms with van der Waals surface area (Å²) in [6.07, 6.45) is 1.27. The van der Waals surface area contributed by atoms with Gasteiger partial charge < -0.3 is 16.0 Å². The minimum Gasteiger partial charge on any atom is -0.357 e. The molecule has 0 radical (unpaired) electrons. The van der Waals surface area contributed by atoms with E-state index in [0.29, 0.717) is 19.0 Å². The van der Waals surface area contributed by atoms with Crippen LogP contribution in [-0.2, 0) is 17.6 Å². The number of guanidine groups is 1. The fraction of sp³-hybridized carbons (Fsp3) is 0.429. The highest BCUT2D eigenvalue weighted by Crippen LogP contribution is 2.14. The molecule has 1 aromatic heterocycles. The first-order chi connectivity index (χ1) is 13.6. The summed E-state index contributed by atoms with van der Waals surface area (Å²) in [6.45, 7) is 6.82. The zero-order chi connectivity index (χ0) is 20.2. The Bertz CT molecular complexity index is 731. The lowest BCUT2D eigenvalue weighted by molar-refractivity contribution is -0.120. The molecule has 0 saturated carbocycles. The van der Waals surface area contributed by atoms with Crippen molar-refractivity contribution < 1.29 is 9.18 Å². The van der Waals surface area contributed by atoms with Crippen molar-refractivity contribution in [3.8, 4) is 0 Å². The summed E-state index contributed by atoms with van der Waals surface area (Å²) in [5.41, 5.74) is 0.793. The summed E-state index contributed by atoms with van der Waals surface area (Å²) in [4.78, 5) is 18.0. The molecule has 5 nitrogen and oxygen atoms in total. The molecule has 1 unspecified atom stereocenters. The number of carbonyl (C=O) groups is 1. The van der Waals surface area contributed by atoms with Crippen molar-refractivity contribution in [2.75, 3.05) is 26.2 Å². The molecule has 0 aliphatic rings.